The molecular formula is C28H34FN3O5S. The number of carboxylic acid groups (broad SMARTS) is 2. The summed E-state index contributed by atoms with van der Waals surface area (Å²) in [6.07, 6.45) is 4.45. The number of para-hydroxylation sites is 1. The van der Waals surface area contributed by atoms with Gasteiger partial charge in [0.05, 0.1) is 12.3 Å². The van der Waals surface area contributed by atoms with E-state index in [-0.39, 0.29) is 5.82 Å². The van der Waals surface area contributed by atoms with E-state index in [0.29, 0.717) is 24.8 Å². The van der Waals surface area contributed by atoms with Crippen LogP contribution in [0.2, 0.25) is 0 Å². The van der Waals surface area contributed by atoms with E-state index in [2.05, 4.69) is 41.0 Å². The number of aliphatic imine (C=N–C) groups is 1. The number of piperidine rings is 1. The Morgan fingerprint density at radius 3 is 2.39 bits per heavy atom. The average molecular weight is 544 g/mol. The molecule has 4 rings (SSSR count). The number of hydrogen-bond donors (Lipinski definition) is 2. The van der Waals surface area contributed by atoms with E-state index in [9.17, 15) is 14.0 Å². The number of halogens is 1. The van der Waals surface area contributed by atoms with Crippen LogP contribution < -0.4 is 4.74 Å². The van der Waals surface area contributed by atoms with Crippen molar-refractivity contribution in [3.8, 4) is 5.75 Å². The van der Waals surface area contributed by atoms with Gasteiger partial charge in [-0.2, -0.15) is 0 Å². The number of thioether (sulfide) groups is 1. The highest BCUT2D eigenvalue weighted by Gasteiger charge is 2.27. The smallest absolute Gasteiger partial charge is 0.328 e. The van der Waals surface area contributed by atoms with Crippen molar-refractivity contribution in [1.29, 1.82) is 0 Å². The molecule has 0 unspecified atom stereocenters. The summed E-state index contributed by atoms with van der Waals surface area (Å²) >= 11 is 1.87. The van der Waals surface area contributed by atoms with Crippen molar-refractivity contribution in [3.63, 3.8) is 0 Å². The van der Waals surface area contributed by atoms with Crippen LogP contribution in [0.3, 0.4) is 0 Å². The molecule has 10 heteroatoms. The zero-order chi connectivity index (χ0) is 27.3. The molecule has 2 aromatic rings. The summed E-state index contributed by atoms with van der Waals surface area (Å²) in [5.74, 6) is -0.993. The molecule has 0 atom stereocenters. The predicted octanol–water partition coefficient (Wildman–Crippen LogP) is 5.03. The Morgan fingerprint density at radius 1 is 1.11 bits per heavy atom. The summed E-state index contributed by atoms with van der Waals surface area (Å²) in [4.78, 5) is 29.1. The monoisotopic (exact) mass is 543 g/mol. The van der Waals surface area contributed by atoms with E-state index in [1.54, 1.807) is 12.1 Å². The molecular weight excluding hydrogens is 509 g/mol. The Morgan fingerprint density at radius 2 is 1.76 bits per heavy atom. The second-order valence-electron chi connectivity index (χ2n) is 8.84. The van der Waals surface area contributed by atoms with Crippen LogP contribution in [-0.2, 0) is 15.3 Å². The number of aliphatic carboxylic acids is 2. The van der Waals surface area contributed by atoms with Crippen molar-refractivity contribution in [1.82, 2.24) is 9.80 Å². The maximum absolute atomic E-state index is 12.9. The minimum atomic E-state index is -1.26. The molecule has 204 valence electrons. The molecule has 0 spiro atoms. The highest BCUT2D eigenvalue weighted by Crippen LogP contribution is 2.33. The SMILES string of the molecule is CCN(C1=Nc2ccccc2CS1)C1CCN(CCCOc2ccc(F)cc2)CC1.O=C(O)/C=C/C(=O)O. The number of fused-ring (bicyclic) bond motifs is 1. The first-order valence-corrected chi connectivity index (χ1v) is 13.6. The van der Waals surface area contributed by atoms with Gasteiger partial charge in [0.15, 0.2) is 5.17 Å². The number of likely N-dealkylation sites (tertiary alicyclic amines) is 1. The summed E-state index contributed by atoms with van der Waals surface area (Å²) in [7, 11) is 0. The fourth-order valence-electron chi connectivity index (χ4n) is 4.32. The molecule has 1 saturated heterocycles. The maximum Gasteiger partial charge on any atom is 0.328 e. The lowest BCUT2D eigenvalue weighted by molar-refractivity contribution is -0.134. The summed E-state index contributed by atoms with van der Waals surface area (Å²) in [5.41, 5.74) is 2.46. The van der Waals surface area contributed by atoms with Gasteiger partial charge in [-0.25, -0.2) is 19.0 Å². The number of benzene rings is 2. The molecule has 0 amide bonds. The van der Waals surface area contributed by atoms with Crippen molar-refractivity contribution >= 4 is 34.6 Å². The van der Waals surface area contributed by atoms with Gasteiger partial charge >= 0.3 is 11.9 Å². The van der Waals surface area contributed by atoms with Crippen LogP contribution >= 0.6 is 11.8 Å². The lowest BCUT2D eigenvalue weighted by Gasteiger charge is -2.40. The Kier molecular flexibility index (Phi) is 11.6. The van der Waals surface area contributed by atoms with Crippen molar-refractivity contribution in [2.45, 2.75) is 38.0 Å². The van der Waals surface area contributed by atoms with Crippen LogP contribution in [-0.4, -0.2) is 75.9 Å². The van der Waals surface area contributed by atoms with Crippen LogP contribution in [0.1, 0.15) is 31.7 Å². The van der Waals surface area contributed by atoms with E-state index in [1.165, 1.54) is 35.7 Å². The quantitative estimate of drug-likeness (QED) is 0.336. The average Bonchev–Trinajstić information content (AvgIpc) is 2.92. The molecule has 38 heavy (non-hydrogen) atoms. The van der Waals surface area contributed by atoms with E-state index in [4.69, 9.17) is 19.9 Å². The van der Waals surface area contributed by atoms with Crippen LogP contribution in [0.5, 0.6) is 5.75 Å². The number of ether oxygens (including phenoxy) is 1. The van der Waals surface area contributed by atoms with Gasteiger partial charge in [0.2, 0.25) is 0 Å². The predicted molar refractivity (Wildman–Crippen MR) is 148 cm³/mol. The van der Waals surface area contributed by atoms with Gasteiger partial charge in [0, 0.05) is 50.1 Å². The van der Waals surface area contributed by atoms with Crippen LogP contribution in [0.4, 0.5) is 10.1 Å². The Balaban J connectivity index is 0.000000436. The summed E-state index contributed by atoms with van der Waals surface area (Å²) in [6, 6.07) is 15.3. The van der Waals surface area contributed by atoms with Gasteiger partial charge < -0.3 is 24.7 Å². The van der Waals surface area contributed by atoms with Crippen molar-refractivity contribution < 1.29 is 28.9 Å². The number of carbonyl (C=O) groups is 2. The largest absolute Gasteiger partial charge is 0.494 e. The molecule has 2 aromatic carbocycles. The zero-order valence-corrected chi connectivity index (χ0v) is 22.3. The molecule has 2 heterocycles. The van der Waals surface area contributed by atoms with Crippen molar-refractivity contribution in [2.75, 3.05) is 32.8 Å². The highest BCUT2D eigenvalue weighted by molar-refractivity contribution is 8.13. The normalized spacial score (nSPS) is 15.7. The molecule has 1 fully saturated rings. The Hall–Kier alpha value is -3.37. The van der Waals surface area contributed by atoms with Gasteiger partial charge in [-0.05, 0) is 62.1 Å². The number of nitrogens with zero attached hydrogens (tertiary/aromatic N) is 3. The summed E-state index contributed by atoms with van der Waals surface area (Å²) < 4.78 is 18.7. The number of amidine groups is 1. The topological polar surface area (TPSA) is 103 Å². The van der Waals surface area contributed by atoms with E-state index < -0.39 is 11.9 Å². The lowest BCUT2D eigenvalue weighted by atomic mass is 10.0. The van der Waals surface area contributed by atoms with Gasteiger partial charge in [0.25, 0.3) is 0 Å². The second-order valence-corrected chi connectivity index (χ2v) is 9.78. The van der Waals surface area contributed by atoms with E-state index in [1.807, 2.05) is 11.8 Å². The molecule has 8 nitrogen and oxygen atoms in total. The first-order valence-electron chi connectivity index (χ1n) is 12.7. The number of rotatable bonds is 9. The van der Waals surface area contributed by atoms with Crippen LogP contribution in [0.25, 0.3) is 0 Å². The lowest BCUT2D eigenvalue weighted by Crippen LogP contribution is -2.47. The van der Waals surface area contributed by atoms with E-state index >= 15 is 0 Å². The van der Waals surface area contributed by atoms with Gasteiger partial charge in [-0.15, -0.1) is 0 Å². The van der Waals surface area contributed by atoms with Gasteiger partial charge in [-0.3, -0.25) is 0 Å². The van der Waals surface area contributed by atoms with Crippen LogP contribution in [0, 0.1) is 5.82 Å². The third kappa shape index (κ3) is 9.50. The molecule has 0 aliphatic carbocycles. The van der Waals surface area contributed by atoms with Gasteiger partial charge in [-0.1, -0.05) is 30.0 Å². The van der Waals surface area contributed by atoms with Crippen LogP contribution in [0.15, 0.2) is 65.7 Å². The maximum atomic E-state index is 12.9. The minimum Gasteiger partial charge on any atom is -0.494 e. The molecule has 0 saturated carbocycles. The fraction of sp³-hybridized carbons (Fsp3) is 0.393. The summed E-state index contributed by atoms with van der Waals surface area (Å²) in [6.45, 7) is 7.19. The zero-order valence-electron chi connectivity index (χ0n) is 21.5. The Labute approximate surface area is 226 Å². The molecule has 0 bridgehead atoms. The van der Waals surface area contributed by atoms with Gasteiger partial charge in [0.1, 0.15) is 11.6 Å². The first kappa shape index (κ1) is 29.2. The number of carboxylic acids is 2. The fourth-order valence-corrected chi connectivity index (χ4v) is 5.46. The molecule has 0 aromatic heterocycles. The minimum absolute atomic E-state index is 0.229. The molecule has 2 aliphatic rings. The molecule has 0 radical (unpaired) electrons. The first-order chi connectivity index (χ1) is 18.4. The van der Waals surface area contributed by atoms with Crippen molar-refractivity contribution in [3.05, 3.63) is 72.1 Å². The molecule has 2 aliphatic heterocycles. The standard InChI is InChI=1S/C24H30FN3OS.C4H4O4/c1-2-28(24-26-23-7-4-3-6-19(23)18-30-24)21-12-15-27(16-13-21)14-5-17-29-22-10-8-20(25)9-11-22;5-3(6)1-2-4(7)8/h3-4,6-11,21H,2,5,12-18H2,1H3;1-2H,(H,5,6)(H,7,8)/b;2-1+. The van der Waals surface area contributed by atoms with E-state index in [0.717, 1.165) is 49.8 Å². The van der Waals surface area contributed by atoms with Crippen molar-refractivity contribution in [2.24, 2.45) is 4.99 Å². The molecule has 2 N–H and O–H groups in total. The Bertz CT molecular complexity index is 1100. The third-order valence-electron chi connectivity index (χ3n) is 6.22. The highest BCUT2D eigenvalue weighted by atomic mass is 32.2. The number of hydrogen-bond acceptors (Lipinski definition) is 7. The third-order valence-corrected chi connectivity index (χ3v) is 7.26. The summed E-state index contributed by atoms with van der Waals surface area (Å²) in [5, 5.41) is 16.8. The second kappa shape index (κ2) is 15.1.